The number of hydrogen-bond acceptors (Lipinski definition) is 4. The van der Waals surface area contributed by atoms with E-state index in [9.17, 15) is 8.42 Å². The molecule has 0 atom stereocenters. The van der Waals surface area contributed by atoms with Gasteiger partial charge in [-0.25, -0.2) is 8.42 Å². The van der Waals surface area contributed by atoms with Gasteiger partial charge in [0.25, 0.3) is 0 Å². The van der Waals surface area contributed by atoms with Crippen LogP contribution in [0.3, 0.4) is 0 Å². The molecule has 0 bridgehead atoms. The fourth-order valence-corrected chi connectivity index (χ4v) is 5.69. The van der Waals surface area contributed by atoms with E-state index in [1.165, 1.54) is 25.7 Å². The molecule has 1 aromatic heterocycles. The summed E-state index contributed by atoms with van der Waals surface area (Å²) >= 11 is 0. The van der Waals surface area contributed by atoms with Crippen molar-refractivity contribution in [3.63, 3.8) is 0 Å². The predicted molar refractivity (Wildman–Crippen MR) is 80.1 cm³/mol. The van der Waals surface area contributed by atoms with Crippen LogP contribution in [0.15, 0.2) is 4.90 Å². The quantitative estimate of drug-likeness (QED) is 0.885. The van der Waals surface area contributed by atoms with E-state index in [1.54, 1.807) is 11.2 Å². The van der Waals surface area contributed by atoms with E-state index < -0.39 is 10.0 Å². The van der Waals surface area contributed by atoms with Crippen LogP contribution >= 0.6 is 0 Å². The van der Waals surface area contributed by atoms with E-state index in [0.717, 1.165) is 12.8 Å². The Hall–Kier alpha value is -0.920. The number of sulfonamides is 1. The minimum absolute atomic E-state index is 0.136. The van der Waals surface area contributed by atoms with Gasteiger partial charge in [-0.2, -0.15) is 9.40 Å². The molecule has 0 radical (unpaired) electrons. The molecule has 21 heavy (non-hydrogen) atoms. The van der Waals surface area contributed by atoms with Crippen molar-refractivity contribution in [2.45, 2.75) is 56.9 Å². The Morgan fingerprint density at radius 3 is 2.43 bits per heavy atom. The molecule has 1 aliphatic carbocycles. The van der Waals surface area contributed by atoms with Gasteiger partial charge in [0.15, 0.2) is 0 Å². The van der Waals surface area contributed by atoms with Crippen LogP contribution in [0.5, 0.6) is 0 Å². The van der Waals surface area contributed by atoms with E-state index in [-0.39, 0.29) is 11.4 Å². The highest BCUT2D eigenvalue weighted by atomic mass is 32.2. The number of hydrogen-bond donors (Lipinski definition) is 2. The van der Waals surface area contributed by atoms with Gasteiger partial charge < -0.3 is 5.73 Å². The molecular formula is C14H24N4O2S. The molecule has 3 N–H and O–H groups in total. The predicted octanol–water partition coefficient (Wildman–Crippen LogP) is 1.52. The van der Waals surface area contributed by atoms with Gasteiger partial charge in [-0.15, -0.1) is 0 Å². The molecule has 3 rings (SSSR count). The molecule has 1 saturated carbocycles. The largest absolute Gasteiger partial charge is 0.325 e. The van der Waals surface area contributed by atoms with E-state index in [1.807, 2.05) is 0 Å². The van der Waals surface area contributed by atoms with Gasteiger partial charge in [0.2, 0.25) is 10.0 Å². The van der Waals surface area contributed by atoms with Crippen LogP contribution in [-0.2, 0) is 16.6 Å². The van der Waals surface area contributed by atoms with Gasteiger partial charge in [0.1, 0.15) is 4.90 Å². The average molecular weight is 312 g/mol. The van der Waals surface area contributed by atoms with Gasteiger partial charge in [-0.05, 0) is 38.0 Å². The molecule has 6 nitrogen and oxygen atoms in total. The zero-order valence-corrected chi connectivity index (χ0v) is 13.4. The maximum Gasteiger partial charge on any atom is 0.246 e. The number of piperidine rings is 1. The zero-order valence-electron chi connectivity index (χ0n) is 12.6. The lowest BCUT2D eigenvalue weighted by molar-refractivity contribution is 0.160. The molecular weight excluding hydrogens is 288 g/mol. The number of nitrogens with two attached hydrogens (primary N) is 1. The van der Waals surface area contributed by atoms with Crippen LogP contribution in [0.2, 0.25) is 0 Å². The number of rotatable bonds is 3. The highest BCUT2D eigenvalue weighted by Crippen LogP contribution is 2.46. The molecule has 0 unspecified atom stereocenters. The van der Waals surface area contributed by atoms with Crippen molar-refractivity contribution in [1.82, 2.24) is 14.5 Å². The number of aryl methyl sites for hydroxylation is 1. The van der Waals surface area contributed by atoms with Gasteiger partial charge in [0, 0.05) is 19.6 Å². The van der Waals surface area contributed by atoms with E-state index in [4.69, 9.17) is 5.73 Å². The van der Waals surface area contributed by atoms with Crippen molar-refractivity contribution in [3.05, 3.63) is 11.4 Å². The first-order valence-electron chi connectivity index (χ1n) is 7.73. The number of aromatic nitrogens is 2. The Balaban J connectivity index is 1.82. The molecule has 0 amide bonds. The smallest absolute Gasteiger partial charge is 0.246 e. The van der Waals surface area contributed by atoms with Gasteiger partial charge in [-0.1, -0.05) is 12.8 Å². The summed E-state index contributed by atoms with van der Waals surface area (Å²) in [5.41, 5.74) is 7.05. The molecule has 1 spiro atoms. The summed E-state index contributed by atoms with van der Waals surface area (Å²) in [6, 6.07) is 0. The van der Waals surface area contributed by atoms with Crippen LogP contribution in [-0.4, -0.2) is 36.0 Å². The molecule has 2 heterocycles. The molecule has 0 aromatic carbocycles. The van der Waals surface area contributed by atoms with Gasteiger partial charge in [-0.3, -0.25) is 5.10 Å². The monoisotopic (exact) mass is 312 g/mol. The fourth-order valence-electron chi connectivity index (χ4n) is 3.91. The molecule has 1 aliphatic heterocycles. The van der Waals surface area contributed by atoms with Crippen LogP contribution in [0, 0.1) is 12.3 Å². The molecule has 1 saturated heterocycles. The lowest BCUT2D eigenvalue weighted by Gasteiger charge is -2.38. The second kappa shape index (κ2) is 5.37. The summed E-state index contributed by atoms with van der Waals surface area (Å²) in [6.45, 7) is 3.12. The number of aromatic amines is 1. The van der Waals surface area contributed by atoms with Crippen LogP contribution in [0.1, 0.15) is 49.9 Å². The Morgan fingerprint density at radius 1 is 1.24 bits per heavy atom. The molecule has 2 fully saturated rings. The summed E-state index contributed by atoms with van der Waals surface area (Å²) < 4.78 is 27.3. The van der Waals surface area contributed by atoms with Crippen molar-refractivity contribution in [2.75, 3.05) is 13.1 Å². The first-order chi connectivity index (χ1) is 9.98. The maximum atomic E-state index is 12.9. The van der Waals surface area contributed by atoms with Crippen LogP contribution < -0.4 is 5.73 Å². The normalized spacial score (nSPS) is 23.0. The molecule has 7 heteroatoms. The van der Waals surface area contributed by atoms with E-state index in [2.05, 4.69) is 10.2 Å². The number of nitrogens with zero attached hydrogens (tertiary/aromatic N) is 2. The van der Waals surface area contributed by atoms with Crippen molar-refractivity contribution in [2.24, 2.45) is 11.1 Å². The highest BCUT2D eigenvalue weighted by molar-refractivity contribution is 7.89. The Kier molecular flexibility index (Phi) is 3.83. The first kappa shape index (κ1) is 15.0. The number of nitrogens with one attached hydrogen (secondary N) is 1. The minimum Gasteiger partial charge on any atom is -0.325 e. The Bertz CT molecular complexity index is 607. The zero-order chi connectivity index (χ0) is 15.1. The Morgan fingerprint density at radius 2 is 1.86 bits per heavy atom. The average Bonchev–Trinajstić information content (AvgIpc) is 3.06. The lowest BCUT2D eigenvalue weighted by Crippen LogP contribution is -2.42. The molecule has 1 aromatic rings. The number of H-pyrrole nitrogens is 1. The molecule has 2 aliphatic rings. The molecule has 118 valence electrons. The standard InChI is InChI=1S/C14H24N4O2S/c1-11-13(12(10-15)17-16-11)21(19,20)18-8-6-14(7-9-18)4-2-3-5-14/h2-10,15H2,1H3,(H,16,17). The third kappa shape index (κ3) is 2.51. The second-order valence-corrected chi connectivity index (χ2v) is 8.31. The fraction of sp³-hybridized carbons (Fsp3) is 0.786. The minimum atomic E-state index is -3.48. The summed E-state index contributed by atoms with van der Waals surface area (Å²) in [5, 5.41) is 6.76. The summed E-state index contributed by atoms with van der Waals surface area (Å²) in [5.74, 6) is 0. The SMILES string of the molecule is Cc1[nH]nc(CN)c1S(=O)(=O)N1CCC2(CCCC2)CC1. The van der Waals surface area contributed by atoms with Crippen molar-refractivity contribution >= 4 is 10.0 Å². The first-order valence-corrected chi connectivity index (χ1v) is 9.17. The topological polar surface area (TPSA) is 92.1 Å². The van der Waals surface area contributed by atoms with Crippen molar-refractivity contribution in [3.8, 4) is 0 Å². The summed E-state index contributed by atoms with van der Waals surface area (Å²) in [7, 11) is -3.48. The summed E-state index contributed by atoms with van der Waals surface area (Å²) in [6.07, 6.45) is 7.09. The van der Waals surface area contributed by atoms with Crippen LogP contribution in [0.25, 0.3) is 0 Å². The van der Waals surface area contributed by atoms with Gasteiger partial charge >= 0.3 is 0 Å². The highest BCUT2D eigenvalue weighted by Gasteiger charge is 2.41. The second-order valence-electron chi connectivity index (χ2n) is 6.44. The van der Waals surface area contributed by atoms with Crippen LogP contribution in [0.4, 0.5) is 0 Å². The van der Waals surface area contributed by atoms with Gasteiger partial charge in [0.05, 0.1) is 11.4 Å². The van der Waals surface area contributed by atoms with Crippen molar-refractivity contribution in [1.29, 1.82) is 0 Å². The van der Waals surface area contributed by atoms with Crippen molar-refractivity contribution < 1.29 is 8.42 Å². The summed E-state index contributed by atoms with van der Waals surface area (Å²) in [4.78, 5) is 0.285. The third-order valence-electron chi connectivity index (χ3n) is 5.20. The Labute approximate surface area is 126 Å². The maximum absolute atomic E-state index is 12.9. The lowest BCUT2D eigenvalue weighted by atomic mass is 9.78. The third-order valence-corrected chi connectivity index (χ3v) is 7.30. The van der Waals surface area contributed by atoms with E-state index >= 15 is 0 Å². The van der Waals surface area contributed by atoms with E-state index in [0.29, 0.717) is 29.9 Å².